The van der Waals surface area contributed by atoms with Crippen LogP contribution < -0.4 is 0 Å². The van der Waals surface area contributed by atoms with E-state index in [4.69, 9.17) is 0 Å². The van der Waals surface area contributed by atoms with E-state index in [9.17, 15) is 0 Å². The summed E-state index contributed by atoms with van der Waals surface area (Å²) < 4.78 is 0. The zero-order valence-electron chi connectivity index (χ0n) is 10.5. The minimum atomic E-state index is 0.944. The van der Waals surface area contributed by atoms with Gasteiger partial charge in [0.2, 0.25) is 0 Å². The van der Waals surface area contributed by atoms with E-state index in [0.29, 0.717) is 0 Å². The molecule has 16 heavy (non-hydrogen) atoms. The van der Waals surface area contributed by atoms with Gasteiger partial charge in [-0.15, -0.1) is 0 Å². The lowest BCUT2D eigenvalue weighted by Gasteiger charge is -2.21. The average molecular weight is 214 g/mol. The maximum Gasteiger partial charge on any atom is -0.0228 e. The first-order chi connectivity index (χ1) is 7.79. The summed E-state index contributed by atoms with van der Waals surface area (Å²) in [5, 5.41) is 0. The molecule has 0 nitrogen and oxygen atoms in total. The van der Waals surface area contributed by atoms with Gasteiger partial charge in [-0.1, -0.05) is 55.7 Å². The fraction of sp³-hybridized carbons (Fsp3) is 0.500. The van der Waals surface area contributed by atoms with Crippen molar-refractivity contribution < 1.29 is 0 Å². The molecule has 0 N–H and O–H groups in total. The number of hydrogen-bond acceptors (Lipinski definition) is 0. The molecule has 0 bridgehead atoms. The van der Waals surface area contributed by atoms with E-state index in [1.807, 2.05) is 0 Å². The summed E-state index contributed by atoms with van der Waals surface area (Å²) in [4.78, 5) is 0. The normalized spacial score (nSPS) is 20.6. The van der Waals surface area contributed by atoms with Gasteiger partial charge in [-0.3, -0.25) is 0 Å². The van der Waals surface area contributed by atoms with Crippen LogP contribution in [0.1, 0.15) is 50.2 Å². The van der Waals surface area contributed by atoms with Crippen molar-refractivity contribution in [3.8, 4) is 0 Å². The lowest BCUT2D eigenvalue weighted by atomic mass is 9.84. The molecule has 1 aliphatic carbocycles. The summed E-state index contributed by atoms with van der Waals surface area (Å²) in [5.74, 6) is 0.944. The highest BCUT2D eigenvalue weighted by atomic mass is 14.2. The fourth-order valence-corrected chi connectivity index (χ4v) is 2.59. The third kappa shape index (κ3) is 2.75. The van der Waals surface area contributed by atoms with Crippen molar-refractivity contribution in [2.45, 2.75) is 46.0 Å². The first kappa shape index (κ1) is 11.4. The van der Waals surface area contributed by atoms with Crippen LogP contribution in [0.25, 0.3) is 5.57 Å². The minimum absolute atomic E-state index is 0.944. The Morgan fingerprint density at radius 1 is 1.19 bits per heavy atom. The topological polar surface area (TPSA) is 0 Å². The molecule has 0 saturated heterocycles. The van der Waals surface area contributed by atoms with Crippen molar-refractivity contribution in [3.05, 3.63) is 41.5 Å². The maximum absolute atomic E-state index is 2.47. The third-order valence-corrected chi connectivity index (χ3v) is 3.64. The summed E-state index contributed by atoms with van der Waals surface area (Å²) in [6, 6.07) is 8.96. The number of hydrogen-bond donors (Lipinski definition) is 0. The molecular weight excluding hydrogens is 192 g/mol. The van der Waals surface area contributed by atoms with E-state index in [1.165, 1.54) is 43.2 Å². The molecule has 0 spiro atoms. The largest absolute Gasteiger partial charge is 0.0804 e. The lowest BCUT2D eigenvalue weighted by Crippen LogP contribution is -2.04. The van der Waals surface area contributed by atoms with Crippen LogP contribution in [-0.4, -0.2) is 0 Å². The Labute approximate surface area is 99.4 Å². The van der Waals surface area contributed by atoms with E-state index in [0.717, 1.165) is 5.92 Å². The molecule has 2 rings (SSSR count). The Morgan fingerprint density at radius 3 is 2.50 bits per heavy atom. The van der Waals surface area contributed by atoms with Crippen LogP contribution in [0.3, 0.4) is 0 Å². The predicted molar refractivity (Wildman–Crippen MR) is 71.4 cm³/mol. The predicted octanol–water partition coefficient (Wildman–Crippen LogP) is 4.98. The van der Waals surface area contributed by atoms with Crippen LogP contribution >= 0.6 is 0 Å². The van der Waals surface area contributed by atoms with E-state index < -0.39 is 0 Å². The van der Waals surface area contributed by atoms with Gasteiger partial charge in [0.15, 0.2) is 0 Å². The number of rotatable bonds is 3. The second kappa shape index (κ2) is 5.34. The van der Waals surface area contributed by atoms with E-state index in [2.05, 4.69) is 44.2 Å². The molecule has 1 aromatic carbocycles. The molecule has 0 heterocycles. The minimum Gasteiger partial charge on any atom is -0.0804 e. The van der Waals surface area contributed by atoms with Crippen molar-refractivity contribution in [3.63, 3.8) is 0 Å². The highest BCUT2D eigenvalue weighted by Gasteiger charge is 2.14. The second-order valence-electron chi connectivity index (χ2n) is 5.02. The number of allylic oxidation sites excluding steroid dienone is 2. The summed E-state index contributed by atoms with van der Waals surface area (Å²) in [5.41, 5.74) is 4.34. The highest BCUT2D eigenvalue weighted by Crippen LogP contribution is 2.32. The summed E-state index contributed by atoms with van der Waals surface area (Å²) in [6.45, 7) is 4.44. The molecule has 0 saturated carbocycles. The van der Waals surface area contributed by atoms with Crippen molar-refractivity contribution in [1.29, 1.82) is 0 Å². The van der Waals surface area contributed by atoms with Crippen molar-refractivity contribution in [2.75, 3.05) is 0 Å². The van der Waals surface area contributed by atoms with Crippen LogP contribution in [0, 0.1) is 12.8 Å². The Balaban J connectivity index is 2.04. The molecular formula is C16H22. The first-order valence-electron chi connectivity index (χ1n) is 6.55. The van der Waals surface area contributed by atoms with Crippen molar-refractivity contribution in [2.24, 2.45) is 5.92 Å². The van der Waals surface area contributed by atoms with E-state index >= 15 is 0 Å². The van der Waals surface area contributed by atoms with Crippen LogP contribution in [0.2, 0.25) is 0 Å². The van der Waals surface area contributed by atoms with Crippen LogP contribution in [0.4, 0.5) is 0 Å². The summed E-state index contributed by atoms with van der Waals surface area (Å²) in [6.07, 6.45) is 9.14. The second-order valence-corrected chi connectivity index (χ2v) is 5.02. The molecule has 1 unspecified atom stereocenters. The Hall–Kier alpha value is -1.04. The molecule has 0 aromatic heterocycles. The third-order valence-electron chi connectivity index (χ3n) is 3.64. The van der Waals surface area contributed by atoms with Crippen LogP contribution in [0.5, 0.6) is 0 Å². The van der Waals surface area contributed by atoms with Crippen LogP contribution in [-0.2, 0) is 0 Å². The summed E-state index contributed by atoms with van der Waals surface area (Å²) >= 11 is 0. The maximum atomic E-state index is 2.47. The van der Waals surface area contributed by atoms with Gasteiger partial charge in [-0.05, 0) is 43.2 Å². The molecule has 1 atom stereocenters. The first-order valence-corrected chi connectivity index (χ1v) is 6.55. The molecule has 0 amide bonds. The van der Waals surface area contributed by atoms with Gasteiger partial charge in [0, 0.05) is 0 Å². The summed E-state index contributed by atoms with van der Waals surface area (Å²) in [7, 11) is 0. The molecule has 1 aromatic rings. The van der Waals surface area contributed by atoms with Gasteiger partial charge >= 0.3 is 0 Å². The molecule has 0 radical (unpaired) electrons. The van der Waals surface area contributed by atoms with E-state index in [-0.39, 0.29) is 0 Å². The van der Waals surface area contributed by atoms with Gasteiger partial charge < -0.3 is 0 Å². The highest BCUT2D eigenvalue weighted by molar-refractivity contribution is 5.66. The number of aryl methyl sites for hydroxylation is 1. The van der Waals surface area contributed by atoms with Gasteiger partial charge in [-0.2, -0.15) is 0 Å². The van der Waals surface area contributed by atoms with Crippen molar-refractivity contribution >= 4 is 5.57 Å². The molecule has 1 aliphatic rings. The van der Waals surface area contributed by atoms with Gasteiger partial charge in [-0.25, -0.2) is 0 Å². The lowest BCUT2D eigenvalue weighted by molar-refractivity contribution is 0.445. The molecule has 0 fully saturated rings. The molecule has 86 valence electrons. The monoisotopic (exact) mass is 214 g/mol. The smallest absolute Gasteiger partial charge is 0.0228 e. The zero-order chi connectivity index (χ0) is 11.4. The standard InChI is InChI=1S/C16H22/c1-3-4-14-7-11-16(12-8-14)15-9-5-13(2)6-10-15/h5-6,9-11,14H,3-4,7-8,12H2,1-2H3. The number of benzene rings is 1. The Bertz CT molecular complexity index is 356. The average Bonchev–Trinajstić information content (AvgIpc) is 2.32. The van der Waals surface area contributed by atoms with Crippen LogP contribution in [0.15, 0.2) is 30.3 Å². The quantitative estimate of drug-likeness (QED) is 0.665. The van der Waals surface area contributed by atoms with Gasteiger partial charge in [0.1, 0.15) is 0 Å². The molecule has 0 aliphatic heterocycles. The zero-order valence-corrected chi connectivity index (χ0v) is 10.5. The SMILES string of the molecule is CCCC1CC=C(c2ccc(C)cc2)CC1. The fourth-order valence-electron chi connectivity index (χ4n) is 2.59. The Kier molecular flexibility index (Phi) is 3.82. The molecule has 0 heteroatoms. The van der Waals surface area contributed by atoms with Gasteiger partial charge in [0.05, 0.1) is 0 Å². The Morgan fingerprint density at radius 2 is 1.94 bits per heavy atom. The van der Waals surface area contributed by atoms with Gasteiger partial charge in [0.25, 0.3) is 0 Å². The van der Waals surface area contributed by atoms with Crippen molar-refractivity contribution in [1.82, 2.24) is 0 Å². The van der Waals surface area contributed by atoms with E-state index in [1.54, 1.807) is 5.57 Å².